The van der Waals surface area contributed by atoms with Gasteiger partial charge in [0.05, 0.1) is 11.8 Å². The molecule has 2 amide bonds. The highest BCUT2D eigenvalue weighted by molar-refractivity contribution is 6.12. The molecule has 0 unspecified atom stereocenters. The molecular formula is C23H26N2O5. The first kappa shape index (κ1) is 20.3. The Hall–Kier alpha value is -2.96. The summed E-state index contributed by atoms with van der Waals surface area (Å²) in [4.78, 5) is 55.4. The zero-order valence-electron chi connectivity index (χ0n) is 17.4. The summed E-state index contributed by atoms with van der Waals surface area (Å²) in [6, 6.07) is 6.39. The topological polar surface area (TPSA) is 96.5 Å². The number of nitrogens with zero attached hydrogens (tertiary/aromatic N) is 1. The fourth-order valence-corrected chi connectivity index (χ4v) is 4.80. The van der Waals surface area contributed by atoms with E-state index in [2.05, 4.69) is 4.98 Å². The van der Waals surface area contributed by atoms with Crippen LogP contribution in [-0.4, -0.2) is 45.6 Å². The van der Waals surface area contributed by atoms with Crippen molar-refractivity contribution in [2.75, 3.05) is 0 Å². The summed E-state index contributed by atoms with van der Waals surface area (Å²) in [5.74, 6) is -2.29. The lowest BCUT2D eigenvalue weighted by molar-refractivity contribution is -0.159. The highest BCUT2D eigenvalue weighted by Gasteiger charge is 2.51. The fraction of sp³-hybridized carbons (Fsp3) is 0.478. The fourth-order valence-electron chi connectivity index (χ4n) is 4.80. The zero-order chi connectivity index (χ0) is 21.6. The van der Waals surface area contributed by atoms with E-state index in [1.807, 2.05) is 24.3 Å². The van der Waals surface area contributed by atoms with Crippen LogP contribution < -0.4 is 0 Å². The number of Topliss-reactive ketones (excluding diaryl/α,β-unsaturated/α-hetero) is 1. The third-order valence-corrected chi connectivity index (χ3v) is 6.41. The molecule has 7 nitrogen and oxygen atoms in total. The van der Waals surface area contributed by atoms with Crippen molar-refractivity contribution >= 4 is 34.5 Å². The summed E-state index contributed by atoms with van der Waals surface area (Å²) in [7, 11) is 0. The van der Waals surface area contributed by atoms with Gasteiger partial charge in [-0.1, -0.05) is 31.0 Å². The van der Waals surface area contributed by atoms with E-state index in [9.17, 15) is 19.2 Å². The smallest absolute Gasteiger partial charge is 0.329 e. The van der Waals surface area contributed by atoms with E-state index >= 15 is 0 Å². The Morgan fingerprint density at radius 3 is 2.30 bits per heavy atom. The number of rotatable bonds is 5. The molecule has 7 heteroatoms. The first-order valence-corrected chi connectivity index (χ1v) is 10.5. The van der Waals surface area contributed by atoms with Crippen LogP contribution in [0.15, 0.2) is 24.3 Å². The zero-order valence-corrected chi connectivity index (χ0v) is 17.4. The normalized spacial score (nSPS) is 23.4. The van der Waals surface area contributed by atoms with Gasteiger partial charge in [0.1, 0.15) is 6.04 Å². The van der Waals surface area contributed by atoms with E-state index in [1.165, 1.54) is 13.8 Å². The molecule has 4 rings (SSSR count). The Kier molecular flexibility index (Phi) is 5.22. The van der Waals surface area contributed by atoms with Crippen LogP contribution in [0.1, 0.15) is 55.6 Å². The number of carbonyl (C=O) groups excluding carboxylic acids is 4. The number of para-hydroxylation sites is 1. The number of likely N-dealkylation sites (tertiary alicyclic amines) is 1. The molecule has 30 heavy (non-hydrogen) atoms. The number of ketones is 1. The van der Waals surface area contributed by atoms with E-state index < -0.39 is 18.1 Å². The van der Waals surface area contributed by atoms with Gasteiger partial charge >= 0.3 is 5.97 Å². The number of hydrogen-bond acceptors (Lipinski definition) is 5. The Balaban J connectivity index is 1.49. The third kappa shape index (κ3) is 3.22. The summed E-state index contributed by atoms with van der Waals surface area (Å²) in [5.41, 5.74) is 2.02. The Labute approximate surface area is 174 Å². The van der Waals surface area contributed by atoms with Crippen molar-refractivity contribution in [3.8, 4) is 0 Å². The van der Waals surface area contributed by atoms with Crippen LogP contribution in [0.5, 0.6) is 0 Å². The highest BCUT2D eigenvalue weighted by Crippen LogP contribution is 2.39. The molecule has 2 aliphatic rings. The summed E-state index contributed by atoms with van der Waals surface area (Å²) in [5, 5.41) is 0.768. The van der Waals surface area contributed by atoms with Crippen molar-refractivity contribution in [1.29, 1.82) is 0 Å². The molecule has 1 N–H and O–H groups in total. The summed E-state index contributed by atoms with van der Waals surface area (Å²) < 4.78 is 5.42. The van der Waals surface area contributed by atoms with Gasteiger partial charge in [0, 0.05) is 22.2 Å². The van der Waals surface area contributed by atoms with Gasteiger partial charge in [-0.05, 0) is 39.7 Å². The molecule has 1 aromatic heterocycles. The number of carbonyl (C=O) groups is 4. The van der Waals surface area contributed by atoms with Crippen LogP contribution in [-0.2, 0) is 19.1 Å². The van der Waals surface area contributed by atoms with Crippen molar-refractivity contribution in [3.63, 3.8) is 0 Å². The van der Waals surface area contributed by atoms with E-state index in [-0.39, 0.29) is 29.4 Å². The molecule has 1 saturated carbocycles. The molecule has 4 atom stereocenters. The lowest BCUT2D eigenvalue weighted by Gasteiger charge is -2.23. The predicted molar refractivity (Wildman–Crippen MR) is 110 cm³/mol. The summed E-state index contributed by atoms with van der Waals surface area (Å²) >= 11 is 0. The van der Waals surface area contributed by atoms with Crippen molar-refractivity contribution in [2.24, 2.45) is 11.8 Å². The minimum Gasteiger partial charge on any atom is -0.453 e. The van der Waals surface area contributed by atoms with Crippen LogP contribution in [0, 0.1) is 18.8 Å². The largest absolute Gasteiger partial charge is 0.453 e. The van der Waals surface area contributed by atoms with E-state index in [4.69, 9.17) is 4.74 Å². The first-order valence-electron chi connectivity index (χ1n) is 10.5. The molecular weight excluding hydrogens is 384 g/mol. The third-order valence-electron chi connectivity index (χ3n) is 6.41. The molecule has 0 bridgehead atoms. The molecule has 2 fully saturated rings. The number of H-pyrrole nitrogens is 1. The number of benzene rings is 1. The lowest BCUT2D eigenvalue weighted by Crippen LogP contribution is -2.45. The maximum absolute atomic E-state index is 13.0. The van der Waals surface area contributed by atoms with Gasteiger partial charge in [0.15, 0.2) is 6.10 Å². The number of amides is 2. The molecule has 0 radical (unpaired) electrons. The standard InChI is InChI=1S/C23H26N2O5/c1-12-19(17-10-6-7-11-18(17)24-12)20(26)14(3)30-23(29)13(2)25-21(27)15-8-4-5-9-16(15)22(25)28/h6-7,10-11,13-16,24H,4-5,8-9H2,1-3H3/t13-,14-,15-,16+/m0/s1. The summed E-state index contributed by atoms with van der Waals surface area (Å²) in [6.07, 6.45) is 2.17. The number of aryl methyl sites for hydroxylation is 1. The predicted octanol–water partition coefficient (Wildman–Crippen LogP) is 3.15. The number of ether oxygens (including phenoxy) is 1. The molecule has 2 heterocycles. The van der Waals surface area contributed by atoms with E-state index in [0.29, 0.717) is 24.1 Å². The maximum Gasteiger partial charge on any atom is 0.329 e. The molecule has 1 aliphatic heterocycles. The van der Waals surface area contributed by atoms with Crippen LogP contribution in [0.3, 0.4) is 0 Å². The number of imide groups is 1. The van der Waals surface area contributed by atoms with Crippen LogP contribution in [0.4, 0.5) is 0 Å². The Morgan fingerprint density at radius 1 is 1.07 bits per heavy atom. The highest BCUT2D eigenvalue weighted by atomic mass is 16.5. The van der Waals surface area contributed by atoms with Crippen LogP contribution >= 0.6 is 0 Å². The van der Waals surface area contributed by atoms with Crippen LogP contribution in [0.25, 0.3) is 10.9 Å². The van der Waals surface area contributed by atoms with Gasteiger partial charge in [0.25, 0.3) is 0 Å². The summed E-state index contributed by atoms with van der Waals surface area (Å²) in [6.45, 7) is 4.80. The SMILES string of the molecule is Cc1[nH]c2ccccc2c1C(=O)[C@H](C)OC(=O)[C@H](C)N1C(=O)[C@H]2CCCC[C@H]2C1=O. The van der Waals surface area contributed by atoms with Gasteiger partial charge < -0.3 is 9.72 Å². The van der Waals surface area contributed by atoms with E-state index in [0.717, 1.165) is 28.6 Å². The van der Waals surface area contributed by atoms with Crippen LogP contribution in [0.2, 0.25) is 0 Å². The Morgan fingerprint density at radius 2 is 1.67 bits per heavy atom. The molecule has 1 saturated heterocycles. The van der Waals surface area contributed by atoms with Gasteiger partial charge in [-0.15, -0.1) is 0 Å². The Bertz CT molecular complexity index is 1020. The number of aromatic nitrogens is 1. The van der Waals surface area contributed by atoms with Crippen molar-refractivity contribution in [2.45, 2.75) is 58.6 Å². The average Bonchev–Trinajstić information content (AvgIpc) is 3.20. The van der Waals surface area contributed by atoms with Crippen molar-refractivity contribution in [1.82, 2.24) is 9.88 Å². The second-order valence-corrected chi connectivity index (χ2v) is 8.33. The van der Waals surface area contributed by atoms with Gasteiger partial charge in [0.2, 0.25) is 17.6 Å². The molecule has 1 aliphatic carbocycles. The molecule has 1 aromatic carbocycles. The second-order valence-electron chi connectivity index (χ2n) is 8.33. The van der Waals surface area contributed by atoms with E-state index in [1.54, 1.807) is 6.92 Å². The number of nitrogens with one attached hydrogen (secondary N) is 1. The monoisotopic (exact) mass is 410 g/mol. The van der Waals surface area contributed by atoms with Gasteiger partial charge in [-0.3, -0.25) is 19.3 Å². The quantitative estimate of drug-likeness (QED) is 0.464. The molecule has 2 aromatic rings. The minimum atomic E-state index is -1.05. The number of fused-ring (bicyclic) bond motifs is 2. The maximum atomic E-state index is 13.0. The van der Waals surface area contributed by atoms with Gasteiger partial charge in [-0.2, -0.15) is 0 Å². The molecule has 0 spiro atoms. The van der Waals surface area contributed by atoms with Crippen molar-refractivity contribution < 1.29 is 23.9 Å². The minimum absolute atomic E-state index is 0.291. The molecule has 158 valence electrons. The first-order chi connectivity index (χ1) is 14.3. The second kappa shape index (κ2) is 7.70. The lowest BCUT2D eigenvalue weighted by atomic mass is 9.81. The van der Waals surface area contributed by atoms with Gasteiger partial charge in [-0.25, -0.2) is 4.79 Å². The number of hydrogen-bond donors (Lipinski definition) is 1. The average molecular weight is 410 g/mol. The van der Waals surface area contributed by atoms with Crippen molar-refractivity contribution in [3.05, 3.63) is 35.5 Å². The number of aromatic amines is 1. The number of esters is 1.